The normalized spacial score (nSPS) is 20.2. The van der Waals surface area contributed by atoms with E-state index in [9.17, 15) is 9.59 Å². The lowest BCUT2D eigenvalue weighted by Gasteiger charge is -2.44. The fourth-order valence-corrected chi connectivity index (χ4v) is 4.74. The van der Waals surface area contributed by atoms with E-state index in [-0.39, 0.29) is 18.5 Å². The fraction of sp³-hybridized carbons (Fsp3) is 0.667. The molecule has 0 aliphatic carbocycles. The highest BCUT2D eigenvalue weighted by molar-refractivity contribution is 6.07. The molecule has 1 aromatic rings. The molecule has 0 radical (unpaired) electrons. The quantitative estimate of drug-likeness (QED) is 0.561. The number of methoxy groups -OCH3 is 2. The molecule has 2 aliphatic heterocycles. The topological polar surface area (TPSA) is 62.3 Å². The maximum absolute atomic E-state index is 13.7. The number of benzene rings is 1. The number of hydrogen-bond acceptors (Lipinski definition) is 5. The van der Waals surface area contributed by atoms with Crippen LogP contribution in [0.4, 0.5) is 4.79 Å². The fourth-order valence-electron chi connectivity index (χ4n) is 4.74. The van der Waals surface area contributed by atoms with Gasteiger partial charge in [0.2, 0.25) is 0 Å². The first-order valence-electron chi connectivity index (χ1n) is 11.3. The zero-order valence-electron chi connectivity index (χ0n) is 19.6. The minimum absolute atomic E-state index is 0.0527. The largest absolute Gasteiger partial charge is 0.497 e. The van der Waals surface area contributed by atoms with Crippen molar-refractivity contribution in [2.45, 2.75) is 58.2 Å². The Morgan fingerprint density at radius 3 is 2.42 bits per heavy atom. The molecule has 2 saturated heterocycles. The molecule has 7 heteroatoms. The Labute approximate surface area is 186 Å². The van der Waals surface area contributed by atoms with Crippen LogP contribution in [-0.2, 0) is 16.1 Å². The monoisotopic (exact) mass is 431 g/mol. The number of carbonyl (C=O) groups excluding carboxylic acids is 2. The van der Waals surface area contributed by atoms with Crippen molar-refractivity contribution in [3.8, 4) is 5.75 Å². The molecule has 1 aromatic carbocycles. The number of carbonyl (C=O) groups is 2. The molecule has 2 fully saturated rings. The first-order chi connectivity index (χ1) is 14.8. The lowest BCUT2D eigenvalue weighted by molar-refractivity contribution is -0.136. The highest BCUT2D eigenvalue weighted by Gasteiger charge is 2.57. The smallest absolute Gasteiger partial charge is 0.327 e. The van der Waals surface area contributed by atoms with E-state index in [0.717, 1.165) is 30.8 Å². The zero-order chi connectivity index (χ0) is 22.6. The first-order valence-corrected chi connectivity index (χ1v) is 11.3. The Morgan fingerprint density at radius 2 is 1.81 bits per heavy atom. The van der Waals surface area contributed by atoms with Gasteiger partial charge in [-0.3, -0.25) is 14.6 Å². The van der Waals surface area contributed by atoms with Crippen LogP contribution < -0.4 is 4.74 Å². The van der Waals surface area contributed by atoms with Gasteiger partial charge in [-0.1, -0.05) is 26.0 Å². The maximum Gasteiger partial charge on any atom is 0.327 e. The SMILES string of the molecule is COCC(C)N1CCC2(CC1)C(=O)N(Cc1cccc(OC)c1)C(=O)N2CCC(C)C. The molecule has 31 heavy (non-hydrogen) atoms. The van der Waals surface area contributed by atoms with Crippen LogP contribution in [0.1, 0.15) is 45.6 Å². The molecular weight excluding hydrogens is 394 g/mol. The summed E-state index contributed by atoms with van der Waals surface area (Å²) in [6.45, 7) is 9.58. The summed E-state index contributed by atoms with van der Waals surface area (Å²) in [7, 11) is 3.33. The summed E-state index contributed by atoms with van der Waals surface area (Å²) < 4.78 is 10.6. The molecule has 0 aromatic heterocycles. The van der Waals surface area contributed by atoms with Gasteiger partial charge in [-0.05, 0) is 49.8 Å². The molecule has 2 aliphatic rings. The number of piperidine rings is 1. The van der Waals surface area contributed by atoms with Gasteiger partial charge in [0, 0.05) is 32.8 Å². The molecular formula is C24H37N3O4. The third-order valence-corrected chi connectivity index (χ3v) is 6.68. The van der Waals surface area contributed by atoms with Gasteiger partial charge in [-0.25, -0.2) is 4.79 Å². The maximum atomic E-state index is 13.7. The van der Waals surface area contributed by atoms with E-state index in [2.05, 4.69) is 25.7 Å². The van der Waals surface area contributed by atoms with Crippen molar-refractivity contribution < 1.29 is 19.1 Å². The molecule has 1 atom stereocenters. The number of likely N-dealkylation sites (tertiary alicyclic amines) is 1. The van der Waals surface area contributed by atoms with Gasteiger partial charge < -0.3 is 14.4 Å². The summed E-state index contributed by atoms with van der Waals surface area (Å²) in [5, 5.41) is 0. The van der Waals surface area contributed by atoms with E-state index < -0.39 is 5.54 Å². The summed E-state index contributed by atoms with van der Waals surface area (Å²) in [6, 6.07) is 7.71. The molecule has 2 heterocycles. The summed E-state index contributed by atoms with van der Waals surface area (Å²) in [5.74, 6) is 1.14. The number of nitrogens with zero attached hydrogens (tertiary/aromatic N) is 3. The highest BCUT2D eigenvalue weighted by Crippen LogP contribution is 2.39. The molecule has 0 bridgehead atoms. The van der Waals surface area contributed by atoms with Crippen LogP contribution >= 0.6 is 0 Å². The average molecular weight is 432 g/mol. The lowest BCUT2D eigenvalue weighted by atomic mass is 9.85. The van der Waals surface area contributed by atoms with Crippen LogP contribution in [0.15, 0.2) is 24.3 Å². The third kappa shape index (κ3) is 4.88. The molecule has 0 saturated carbocycles. The lowest BCUT2D eigenvalue weighted by Crippen LogP contribution is -2.58. The Balaban J connectivity index is 1.82. The predicted molar refractivity (Wildman–Crippen MR) is 120 cm³/mol. The van der Waals surface area contributed by atoms with Crippen molar-refractivity contribution in [3.63, 3.8) is 0 Å². The van der Waals surface area contributed by atoms with Crippen LogP contribution in [0.2, 0.25) is 0 Å². The second-order valence-corrected chi connectivity index (χ2v) is 9.23. The Hall–Kier alpha value is -2.12. The van der Waals surface area contributed by atoms with Gasteiger partial charge in [0.1, 0.15) is 11.3 Å². The van der Waals surface area contributed by atoms with Crippen molar-refractivity contribution >= 4 is 11.9 Å². The molecule has 1 spiro atoms. The number of amides is 3. The van der Waals surface area contributed by atoms with Gasteiger partial charge in [0.15, 0.2) is 0 Å². The van der Waals surface area contributed by atoms with Gasteiger partial charge in [0.25, 0.3) is 5.91 Å². The zero-order valence-corrected chi connectivity index (χ0v) is 19.6. The van der Waals surface area contributed by atoms with Crippen molar-refractivity contribution in [2.24, 2.45) is 5.92 Å². The van der Waals surface area contributed by atoms with E-state index in [1.165, 1.54) is 4.90 Å². The Kier molecular flexibility index (Phi) is 7.59. The Bertz CT molecular complexity index is 774. The summed E-state index contributed by atoms with van der Waals surface area (Å²) in [6.07, 6.45) is 2.22. The predicted octanol–water partition coefficient (Wildman–Crippen LogP) is 3.38. The number of urea groups is 1. The second kappa shape index (κ2) is 10.0. The Morgan fingerprint density at radius 1 is 1.10 bits per heavy atom. The molecule has 7 nitrogen and oxygen atoms in total. The van der Waals surface area contributed by atoms with Crippen LogP contribution in [0.25, 0.3) is 0 Å². The number of hydrogen-bond donors (Lipinski definition) is 0. The standard InChI is InChI=1S/C24H37N3O4/c1-18(2)9-12-27-23(29)26(16-20-7-6-8-21(15-20)31-5)22(28)24(27)10-13-25(14-11-24)19(3)17-30-4/h6-8,15,18-19H,9-14,16-17H2,1-5H3. The molecule has 172 valence electrons. The summed E-state index contributed by atoms with van der Waals surface area (Å²) in [4.78, 5) is 32.8. The average Bonchev–Trinajstić information content (AvgIpc) is 2.94. The van der Waals surface area contributed by atoms with Crippen molar-refractivity contribution in [3.05, 3.63) is 29.8 Å². The van der Waals surface area contributed by atoms with E-state index in [0.29, 0.717) is 38.0 Å². The van der Waals surface area contributed by atoms with E-state index in [1.807, 2.05) is 29.2 Å². The molecule has 1 unspecified atom stereocenters. The van der Waals surface area contributed by atoms with E-state index >= 15 is 0 Å². The van der Waals surface area contributed by atoms with Gasteiger partial charge >= 0.3 is 6.03 Å². The summed E-state index contributed by atoms with van der Waals surface area (Å²) in [5.41, 5.74) is 0.168. The number of imide groups is 1. The van der Waals surface area contributed by atoms with E-state index in [1.54, 1.807) is 14.2 Å². The molecule has 3 amide bonds. The summed E-state index contributed by atoms with van der Waals surface area (Å²) >= 11 is 0. The van der Waals surface area contributed by atoms with Crippen molar-refractivity contribution in [1.82, 2.24) is 14.7 Å². The van der Waals surface area contributed by atoms with Crippen LogP contribution in [0.3, 0.4) is 0 Å². The van der Waals surface area contributed by atoms with Crippen LogP contribution in [0, 0.1) is 5.92 Å². The first kappa shape index (κ1) is 23.5. The molecule has 0 N–H and O–H groups in total. The highest BCUT2D eigenvalue weighted by atomic mass is 16.5. The van der Waals surface area contributed by atoms with Crippen molar-refractivity contribution in [1.29, 1.82) is 0 Å². The van der Waals surface area contributed by atoms with Gasteiger partial charge in [0.05, 0.1) is 20.3 Å². The van der Waals surface area contributed by atoms with Gasteiger partial charge in [-0.2, -0.15) is 0 Å². The second-order valence-electron chi connectivity index (χ2n) is 9.23. The number of rotatable bonds is 9. The van der Waals surface area contributed by atoms with Gasteiger partial charge in [-0.15, -0.1) is 0 Å². The minimum Gasteiger partial charge on any atom is -0.497 e. The van der Waals surface area contributed by atoms with Crippen LogP contribution in [-0.4, -0.2) is 78.7 Å². The minimum atomic E-state index is -0.728. The van der Waals surface area contributed by atoms with Crippen molar-refractivity contribution in [2.75, 3.05) is 40.5 Å². The third-order valence-electron chi connectivity index (χ3n) is 6.68. The van der Waals surface area contributed by atoms with E-state index in [4.69, 9.17) is 9.47 Å². The van der Waals surface area contributed by atoms with Crippen LogP contribution in [0.5, 0.6) is 5.75 Å². The number of ether oxygens (including phenoxy) is 2. The molecule has 3 rings (SSSR count).